The number of thiazole rings is 1. The van der Waals surface area contributed by atoms with Crippen molar-refractivity contribution >= 4 is 28.9 Å². The lowest BCUT2D eigenvalue weighted by atomic mass is 10.2. The number of aromatic nitrogens is 2. The van der Waals surface area contributed by atoms with Gasteiger partial charge in [-0.1, -0.05) is 0 Å². The molecule has 0 atom stereocenters. The fourth-order valence-electron chi connectivity index (χ4n) is 1.46. The van der Waals surface area contributed by atoms with E-state index in [1.54, 1.807) is 13.8 Å². The number of nitrogens with two attached hydrogens (primary N) is 2. The van der Waals surface area contributed by atoms with Gasteiger partial charge in [0.05, 0.1) is 11.9 Å². The molecular weight excluding hydrogens is 280 g/mol. The molecule has 0 aliphatic carbocycles. The van der Waals surface area contributed by atoms with Gasteiger partial charge in [0.25, 0.3) is 5.91 Å². The molecule has 0 saturated carbocycles. The van der Waals surface area contributed by atoms with E-state index in [0.717, 1.165) is 11.3 Å². The summed E-state index contributed by atoms with van der Waals surface area (Å²) in [6.07, 6.45) is 1.42. The monoisotopic (exact) mass is 292 g/mol. The van der Waals surface area contributed by atoms with Gasteiger partial charge in [0.2, 0.25) is 0 Å². The number of esters is 1. The zero-order chi connectivity index (χ0) is 14.9. The second-order valence-corrected chi connectivity index (χ2v) is 4.90. The molecule has 0 aromatic carbocycles. The molecule has 1 amide bonds. The number of carbonyl (C=O) groups excluding carboxylic acids is 2. The second kappa shape index (κ2) is 5.25. The Kier molecular flexibility index (Phi) is 3.66. The van der Waals surface area contributed by atoms with Gasteiger partial charge in [-0.3, -0.25) is 9.78 Å². The summed E-state index contributed by atoms with van der Waals surface area (Å²) in [7, 11) is 0. The van der Waals surface area contributed by atoms with Crippen molar-refractivity contribution in [2.45, 2.75) is 13.8 Å². The Morgan fingerprint density at radius 3 is 2.65 bits per heavy atom. The molecule has 0 radical (unpaired) electrons. The summed E-state index contributed by atoms with van der Waals surface area (Å²) in [5.74, 6) is -1.14. The number of primary amides is 1. The molecule has 4 N–H and O–H groups in total. The Labute approximate surface area is 118 Å². The fourth-order valence-corrected chi connectivity index (χ4v) is 2.10. The predicted octanol–water partition coefficient (Wildman–Crippen LogP) is 1.06. The van der Waals surface area contributed by atoms with E-state index in [1.807, 2.05) is 0 Å². The lowest BCUT2D eigenvalue weighted by molar-refractivity contribution is 0.0729. The highest BCUT2D eigenvalue weighted by molar-refractivity contribution is 7.11. The van der Waals surface area contributed by atoms with Crippen LogP contribution in [0.15, 0.2) is 11.6 Å². The maximum atomic E-state index is 12.0. The molecule has 0 unspecified atom stereocenters. The molecule has 0 fully saturated rings. The Hall–Kier alpha value is -2.48. The first-order valence-corrected chi connectivity index (χ1v) is 6.47. The lowest BCUT2D eigenvalue weighted by Crippen LogP contribution is -2.14. The number of aryl methyl sites for hydroxylation is 1. The molecule has 2 heterocycles. The number of hydrogen-bond donors (Lipinski definition) is 2. The third-order valence-corrected chi connectivity index (χ3v) is 3.52. The molecule has 8 heteroatoms. The van der Waals surface area contributed by atoms with Crippen LogP contribution < -0.4 is 16.2 Å². The van der Waals surface area contributed by atoms with Crippen molar-refractivity contribution in [2.24, 2.45) is 5.73 Å². The number of rotatable bonds is 3. The van der Waals surface area contributed by atoms with Gasteiger partial charge in [-0.15, -0.1) is 11.3 Å². The zero-order valence-corrected chi connectivity index (χ0v) is 11.7. The van der Waals surface area contributed by atoms with Crippen molar-refractivity contribution in [3.8, 4) is 5.75 Å². The quantitative estimate of drug-likeness (QED) is 0.816. The number of amides is 1. The van der Waals surface area contributed by atoms with Crippen LogP contribution in [0.2, 0.25) is 0 Å². The van der Waals surface area contributed by atoms with E-state index in [1.165, 1.54) is 11.6 Å². The Morgan fingerprint density at radius 1 is 1.35 bits per heavy atom. The maximum Gasteiger partial charge on any atom is 0.363 e. The van der Waals surface area contributed by atoms with Crippen molar-refractivity contribution in [3.05, 3.63) is 33.5 Å². The molecular formula is C12H12N4O3S. The molecule has 0 spiro atoms. The number of ether oxygens (including phenoxy) is 1. The SMILES string of the molecule is Cc1ncc(N)c(OC(=O)c2csc(C(N)=O)n2)c1C. The van der Waals surface area contributed by atoms with Crippen LogP contribution in [0, 0.1) is 13.8 Å². The maximum absolute atomic E-state index is 12.0. The molecule has 104 valence electrons. The summed E-state index contributed by atoms with van der Waals surface area (Å²) in [6.45, 7) is 3.53. The highest BCUT2D eigenvalue weighted by Gasteiger charge is 2.18. The number of hydrogen-bond acceptors (Lipinski definition) is 7. The minimum absolute atomic E-state index is 0.0112. The summed E-state index contributed by atoms with van der Waals surface area (Å²) in [6, 6.07) is 0. The van der Waals surface area contributed by atoms with Gasteiger partial charge in [-0.25, -0.2) is 9.78 Å². The van der Waals surface area contributed by atoms with E-state index in [2.05, 4.69) is 9.97 Å². The van der Waals surface area contributed by atoms with Crippen LogP contribution in [-0.2, 0) is 0 Å². The van der Waals surface area contributed by atoms with Crippen molar-refractivity contribution in [1.82, 2.24) is 9.97 Å². The van der Waals surface area contributed by atoms with Gasteiger partial charge in [-0.2, -0.15) is 0 Å². The Morgan fingerprint density at radius 2 is 2.05 bits per heavy atom. The van der Waals surface area contributed by atoms with Crippen molar-refractivity contribution in [3.63, 3.8) is 0 Å². The van der Waals surface area contributed by atoms with E-state index in [9.17, 15) is 9.59 Å². The smallest absolute Gasteiger partial charge is 0.363 e. The van der Waals surface area contributed by atoms with Crippen LogP contribution in [0.25, 0.3) is 0 Å². The normalized spacial score (nSPS) is 10.3. The minimum Gasteiger partial charge on any atom is -0.419 e. The van der Waals surface area contributed by atoms with Gasteiger partial charge in [0.1, 0.15) is 0 Å². The van der Waals surface area contributed by atoms with Gasteiger partial charge in [0, 0.05) is 16.6 Å². The van der Waals surface area contributed by atoms with Crippen LogP contribution in [0.3, 0.4) is 0 Å². The van der Waals surface area contributed by atoms with Gasteiger partial charge in [-0.05, 0) is 13.8 Å². The van der Waals surface area contributed by atoms with E-state index >= 15 is 0 Å². The number of anilines is 1. The van der Waals surface area contributed by atoms with Crippen molar-refractivity contribution in [2.75, 3.05) is 5.73 Å². The zero-order valence-electron chi connectivity index (χ0n) is 10.8. The molecule has 0 aliphatic rings. The number of nitrogens with zero attached hydrogens (tertiary/aromatic N) is 2. The first-order valence-electron chi connectivity index (χ1n) is 5.59. The molecule has 20 heavy (non-hydrogen) atoms. The number of nitrogen functional groups attached to an aromatic ring is 1. The molecule has 0 aliphatic heterocycles. The van der Waals surface area contributed by atoms with Gasteiger partial charge >= 0.3 is 5.97 Å². The lowest BCUT2D eigenvalue weighted by Gasteiger charge is -2.10. The van der Waals surface area contributed by atoms with E-state index in [0.29, 0.717) is 11.3 Å². The standard InChI is InChI=1S/C12H12N4O3S/c1-5-6(2)15-3-7(13)9(5)19-12(18)8-4-20-11(16-8)10(14)17/h3-4H,13H2,1-2H3,(H2,14,17). The van der Waals surface area contributed by atoms with Crippen LogP contribution in [-0.4, -0.2) is 21.8 Å². The second-order valence-electron chi connectivity index (χ2n) is 4.04. The Balaban J connectivity index is 2.28. The summed E-state index contributed by atoms with van der Waals surface area (Å²) < 4.78 is 5.22. The summed E-state index contributed by atoms with van der Waals surface area (Å²) in [5.41, 5.74) is 12.5. The molecule has 7 nitrogen and oxygen atoms in total. The molecule has 0 bridgehead atoms. The molecule has 2 rings (SSSR count). The highest BCUT2D eigenvalue weighted by atomic mass is 32.1. The number of carbonyl (C=O) groups is 2. The van der Waals surface area contributed by atoms with Gasteiger partial charge in [0.15, 0.2) is 16.5 Å². The van der Waals surface area contributed by atoms with E-state index in [-0.39, 0.29) is 22.1 Å². The minimum atomic E-state index is -0.700. The predicted molar refractivity (Wildman–Crippen MR) is 73.7 cm³/mol. The third-order valence-electron chi connectivity index (χ3n) is 2.66. The van der Waals surface area contributed by atoms with Crippen LogP contribution in [0.5, 0.6) is 5.75 Å². The van der Waals surface area contributed by atoms with E-state index in [4.69, 9.17) is 16.2 Å². The first kappa shape index (κ1) is 13.9. The van der Waals surface area contributed by atoms with Crippen LogP contribution in [0.1, 0.15) is 31.5 Å². The number of pyridine rings is 1. The summed E-state index contributed by atoms with van der Waals surface area (Å²) in [4.78, 5) is 30.8. The third kappa shape index (κ3) is 2.59. The molecule has 2 aromatic rings. The van der Waals surface area contributed by atoms with Crippen LogP contribution >= 0.6 is 11.3 Å². The van der Waals surface area contributed by atoms with Crippen molar-refractivity contribution < 1.29 is 14.3 Å². The topological polar surface area (TPSA) is 121 Å². The average Bonchev–Trinajstić information content (AvgIpc) is 2.89. The van der Waals surface area contributed by atoms with Crippen LogP contribution in [0.4, 0.5) is 5.69 Å². The highest BCUT2D eigenvalue weighted by Crippen LogP contribution is 2.27. The Bertz CT molecular complexity index is 696. The van der Waals surface area contributed by atoms with E-state index < -0.39 is 11.9 Å². The molecule has 0 saturated heterocycles. The molecule has 2 aromatic heterocycles. The largest absolute Gasteiger partial charge is 0.419 e. The fraction of sp³-hybridized carbons (Fsp3) is 0.167. The summed E-state index contributed by atoms with van der Waals surface area (Å²) in [5, 5.41) is 1.45. The first-order chi connectivity index (χ1) is 9.40. The summed E-state index contributed by atoms with van der Waals surface area (Å²) >= 11 is 0.978. The average molecular weight is 292 g/mol. The van der Waals surface area contributed by atoms with Gasteiger partial charge < -0.3 is 16.2 Å². The van der Waals surface area contributed by atoms with Crippen molar-refractivity contribution in [1.29, 1.82) is 0 Å².